The van der Waals surface area contributed by atoms with Crippen LogP contribution in [0.4, 0.5) is 5.69 Å². The van der Waals surface area contributed by atoms with Gasteiger partial charge in [0.1, 0.15) is 5.54 Å². The van der Waals surface area contributed by atoms with E-state index >= 15 is 0 Å². The third-order valence-electron chi connectivity index (χ3n) is 4.16. The van der Waals surface area contributed by atoms with Gasteiger partial charge in [-0.25, -0.2) is 0 Å². The summed E-state index contributed by atoms with van der Waals surface area (Å²) in [5.74, 6) is -0.245. The van der Waals surface area contributed by atoms with Crippen LogP contribution in [0.25, 0.3) is 0 Å². The second kappa shape index (κ2) is 5.16. The third-order valence-corrected chi connectivity index (χ3v) is 4.69. The highest BCUT2D eigenvalue weighted by Crippen LogP contribution is 2.41. The minimum Gasteiger partial charge on any atom is -0.371 e. The van der Waals surface area contributed by atoms with Crippen LogP contribution in [0.2, 0.25) is 0 Å². The van der Waals surface area contributed by atoms with Gasteiger partial charge in [0.05, 0.1) is 0 Å². The molecule has 1 aliphatic rings. The van der Waals surface area contributed by atoms with Crippen molar-refractivity contribution in [2.75, 3.05) is 5.32 Å². The highest BCUT2D eigenvalue weighted by atomic mass is 79.9. The molecular weight excluding hydrogens is 304 g/mol. The van der Waals surface area contributed by atoms with Gasteiger partial charge in [-0.15, -0.1) is 0 Å². The molecule has 0 aromatic heterocycles. The first-order chi connectivity index (χ1) is 8.83. The van der Waals surface area contributed by atoms with Gasteiger partial charge < -0.3 is 11.1 Å². The van der Waals surface area contributed by atoms with Gasteiger partial charge in [0, 0.05) is 10.2 Å². The Kier molecular flexibility index (Phi) is 3.90. The molecule has 1 aliphatic carbocycles. The maximum Gasteiger partial charge on any atom is 0.243 e. The molecule has 0 atom stereocenters. The number of nitrogens with one attached hydrogen (secondary N) is 1. The van der Waals surface area contributed by atoms with Gasteiger partial charge in [-0.1, -0.05) is 29.8 Å². The molecular formula is C15H21BrN2O. The first-order valence-corrected chi connectivity index (χ1v) is 7.46. The van der Waals surface area contributed by atoms with E-state index in [0.29, 0.717) is 5.41 Å². The number of amides is 1. The van der Waals surface area contributed by atoms with Crippen molar-refractivity contribution in [1.82, 2.24) is 0 Å². The second-order valence-electron chi connectivity index (χ2n) is 6.24. The van der Waals surface area contributed by atoms with Crippen molar-refractivity contribution in [3.05, 3.63) is 28.7 Å². The van der Waals surface area contributed by atoms with E-state index in [1.165, 1.54) is 0 Å². The molecule has 1 saturated carbocycles. The Balaban J connectivity index is 2.17. The Hall–Kier alpha value is -1.03. The van der Waals surface area contributed by atoms with Crippen molar-refractivity contribution in [3.8, 4) is 0 Å². The Bertz CT molecular complexity index is 458. The van der Waals surface area contributed by atoms with Crippen LogP contribution in [0.5, 0.6) is 0 Å². The molecule has 0 unspecified atom stereocenters. The van der Waals surface area contributed by atoms with Crippen LogP contribution < -0.4 is 11.1 Å². The van der Waals surface area contributed by atoms with E-state index in [1.807, 2.05) is 24.3 Å². The fourth-order valence-corrected chi connectivity index (χ4v) is 2.86. The summed E-state index contributed by atoms with van der Waals surface area (Å²) in [6.45, 7) is 4.50. The molecule has 19 heavy (non-hydrogen) atoms. The first-order valence-electron chi connectivity index (χ1n) is 6.67. The summed E-state index contributed by atoms with van der Waals surface area (Å²) in [6.07, 6.45) is 3.62. The molecule has 4 heteroatoms. The fourth-order valence-electron chi connectivity index (χ4n) is 2.60. The van der Waals surface area contributed by atoms with E-state index in [-0.39, 0.29) is 5.91 Å². The zero-order valence-corrected chi connectivity index (χ0v) is 13.1. The first kappa shape index (κ1) is 14.4. The molecule has 0 spiro atoms. The maximum atomic E-state index is 11.9. The molecule has 1 amide bonds. The van der Waals surface area contributed by atoms with Crippen molar-refractivity contribution >= 4 is 27.5 Å². The van der Waals surface area contributed by atoms with E-state index < -0.39 is 5.54 Å². The highest BCUT2D eigenvalue weighted by molar-refractivity contribution is 9.10. The molecule has 0 radical (unpaired) electrons. The van der Waals surface area contributed by atoms with Gasteiger partial charge >= 0.3 is 0 Å². The van der Waals surface area contributed by atoms with Crippen molar-refractivity contribution < 1.29 is 4.79 Å². The Labute approximate surface area is 123 Å². The van der Waals surface area contributed by atoms with Crippen molar-refractivity contribution in [3.63, 3.8) is 0 Å². The van der Waals surface area contributed by atoms with Gasteiger partial charge in [0.2, 0.25) is 5.91 Å². The number of carbonyl (C=O) groups excluding carboxylic acids is 1. The number of nitrogens with two attached hydrogens (primary N) is 1. The number of anilines is 1. The molecule has 0 heterocycles. The molecule has 104 valence electrons. The lowest BCUT2D eigenvalue weighted by molar-refractivity contribution is -0.124. The number of benzene rings is 1. The van der Waals surface area contributed by atoms with Crippen LogP contribution in [0.15, 0.2) is 28.7 Å². The average molecular weight is 325 g/mol. The van der Waals surface area contributed by atoms with E-state index in [0.717, 1.165) is 35.8 Å². The van der Waals surface area contributed by atoms with Crippen LogP contribution in [0, 0.1) is 5.41 Å². The quantitative estimate of drug-likeness (QED) is 0.890. The maximum absolute atomic E-state index is 11.9. The smallest absolute Gasteiger partial charge is 0.243 e. The number of carbonyl (C=O) groups is 1. The van der Waals surface area contributed by atoms with Crippen molar-refractivity contribution in [2.45, 2.75) is 45.1 Å². The van der Waals surface area contributed by atoms with Crippen LogP contribution in [0.3, 0.4) is 0 Å². The van der Waals surface area contributed by atoms with Crippen LogP contribution >= 0.6 is 15.9 Å². The Morgan fingerprint density at radius 3 is 2.16 bits per heavy atom. The van der Waals surface area contributed by atoms with Crippen LogP contribution in [-0.4, -0.2) is 11.4 Å². The van der Waals surface area contributed by atoms with Crippen molar-refractivity contribution in [1.29, 1.82) is 0 Å². The van der Waals surface area contributed by atoms with Gasteiger partial charge in [-0.2, -0.15) is 0 Å². The van der Waals surface area contributed by atoms with E-state index in [1.54, 1.807) is 0 Å². The average Bonchev–Trinajstić information content (AvgIpc) is 2.35. The largest absolute Gasteiger partial charge is 0.371 e. The summed E-state index contributed by atoms with van der Waals surface area (Å²) < 4.78 is 1.02. The summed E-state index contributed by atoms with van der Waals surface area (Å²) in [5, 5.41) is 3.36. The highest BCUT2D eigenvalue weighted by Gasteiger charge is 2.42. The molecule has 0 bridgehead atoms. The standard InChI is InChI=1S/C15H21BrN2O/c1-14(2)7-9-15(10-8-14,13(17)19)18-12-5-3-11(16)4-6-12/h3-6,18H,7-10H2,1-2H3,(H2,17,19). The lowest BCUT2D eigenvalue weighted by Gasteiger charge is -2.42. The van der Waals surface area contributed by atoms with E-state index in [9.17, 15) is 4.79 Å². The summed E-state index contributed by atoms with van der Waals surface area (Å²) in [5.41, 5.74) is 6.32. The molecule has 1 aromatic rings. The summed E-state index contributed by atoms with van der Waals surface area (Å²) >= 11 is 3.41. The monoisotopic (exact) mass is 324 g/mol. The predicted molar refractivity (Wildman–Crippen MR) is 81.9 cm³/mol. The summed E-state index contributed by atoms with van der Waals surface area (Å²) in [7, 11) is 0. The second-order valence-corrected chi connectivity index (χ2v) is 7.16. The Morgan fingerprint density at radius 2 is 1.68 bits per heavy atom. The zero-order valence-electron chi connectivity index (χ0n) is 11.5. The molecule has 3 N–H and O–H groups in total. The van der Waals surface area contributed by atoms with Crippen LogP contribution in [-0.2, 0) is 4.79 Å². The molecule has 1 fully saturated rings. The summed E-state index contributed by atoms with van der Waals surface area (Å²) in [6, 6.07) is 7.86. The van der Waals surface area contributed by atoms with Crippen molar-refractivity contribution in [2.24, 2.45) is 11.1 Å². The zero-order chi connectivity index (χ0) is 14.1. The predicted octanol–water partition coefficient (Wildman–Crippen LogP) is 3.69. The lowest BCUT2D eigenvalue weighted by Crippen LogP contribution is -2.53. The van der Waals surface area contributed by atoms with E-state index in [2.05, 4.69) is 35.1 Å². The molecule has 1 aromatic carbocycles. The molecule has 0 saturated heterocycles. The number of hydrogen-bond acceptors (Lipinski definition) is 2. The normalized spacial score (nSPS) is 20.8. The number of rotatable bonds is 3. The summed E-state index contributed by atoms with van der Waals surface area (Å²) in [4.78, 5) is 11.9. The molecule has 0 aliphatic heterocycles. The van der Waals surface area contributed by atoms with E-state index in [4.69, 9.17) is 5.73 Å². The van der Waals surface area contributed by atoms with Gasteiger partial charge in [-0.05, 0) is 55.4 Å². The lowest BCUT2D eigenvalue weighted by atomic mass is 9.69. The number of hydrogen-bond donors (Lipinski definition) is 2. The van der Waals surface area contributed by atoms with Gasteiger partial charge in [-0.3, -0.25) is 4.79 Å². The fraction of sp³-hybridized carbons (Fsp3) is 0.533. The number of primary amides is 1. The minimum absolute atomic E-state index is 0.245. The topological polar surface area (TPSA) is 55.1 Å². The number of halogens is 1. The van der Waals surface area contributed by atoms with Gasteiger partial charge in [0.15, 0.2) is 0 Å². The molecule has 3 nitrogen and oxygen atoms in total. The van der Waals surface area contributed by atoms with Gasteiger partial charge in [0.25, 0.3) is 0 Å². The third kappa shape index (κ3) is 3.30. The molecule has 2 rings (SSSR count). The minimum atomic E-state index is -0.594. The SMILES string of the molecule is CC1(C)CCC(Nc2ccc(Br)cc2)(C(N)=O)CC1. The van der Waals surface area contributed by atoms with Crippen LogP contribution in [0.1, 0.15) is 39.5 Å². The Morgan fingerprint density at radius 1 is 1.16 bits per heavy atom.